The molecule has 122 valence electrons. The van der Waals surface area contributed by atoms with Gasteiger partial charge in [-0.25, -0.2) is 4.98 Å². The van der Waals surface area contributed by atoms with Crippen molar-refractivity contribution in [3.8, 4) is 22.8 Å². The fourth-order valence-corrected chi connectivity index (χ4v) is 2.97. The Kier molecular flexibility index (Phi) is 4.77. The third-order valence-electron chi connectivity index (χ3n) is 3.43. The van der Waals surface area contributed by atoms with Crippen LogP contribution in [0.2, 0.25) is 0 Å². The zero-order valence-electron chi connectivity index (χ0n) is 13.4. The number of phenolic OH excluding ortho intramolecular Hbond substituents is 1. The molecule has 3 aromatic rings. The highest BCUT2D eigenvalue weighted by molar-refractivity contribution is 7.15. The summed E-state index contributed by atoms with van der Waals surface area (Å²) in [5.74, 6) is 1.06. The summed E-state index contributed by atoms with van der Waals surface area (Å²) in [6, 6.07) is 14.6. The predicted octanol–water partition coefficient (Wildman–Crippen LogP) is 4.28. The van der Waals surface area contributed by atoms with E-state index in [1.165, 1.54) is 0 Å². The average Bonchev–Trinajstić information content (AvgIpc) is 2.97. The molecule has 24 heavy (non-hydrogen) atoms. The highest BCUT2D eigenvalue weighted by Gasteiger charge is 2.09. The molecule has 0 atom stereocenters. The summed E-state index contributed by atoms with van der Waals surface area (Å²) in [7, 11) is 1.65. The molecule has 0 unspecified atom stereocenters. The molecule has 1 aromatic heterocycles. The number of hydrogen-bond donors (Lipinski definition) is 2. The van der Waals surface area contributed by atoms with Crippen LogP contribution in [0.15, 0.2) is 53.6 Å². The van der Waals surface area contributed by atoms with Crippen molar-refractivity contribution in [3.63, 3.8) is 0 Å². The lowest BCUT2D eigenvalue weighted by atomic mass is 10.1. The number of nitrogens with zero attached hydrogens (tertiary/aromatic N) is 2. The fourth-order valence-electron chi connectivity index (χ4n) is 2.18. The van der Waals surface area contributed by atoms with E-state index in [1.54, 1.807) is 48.9 Å². The van der Waals surface area contributed by atoms with Crippen molar-refractivity contribution in [3.05, 3.63) is 59.0 Å². The first-order valence-corrected chi connectivity index (χ1v) is 8.17. The normalized spacial score (nSPS) is 10.9. The largest absolute Gasteiger partial charge is 0.508 e. The Balaban J connectivity index is 1.72. The van der Waals surface area contributed by atoms with Crippen LogP contribution in [0.3, 0.4) is 0 Å². The zero-order valence-corrected chi connectivity index (χ0v) is 14.2. The molecule has 2 aromatic carbocycles. The molecule has 0 aliphatic heterocycles. The van der Waals surface area contributed by atoms with Crippen LogP contribution in [0.5, 0.6) is 11.5 Å². The number of aryl methyl sites for hydroxylation is 1. The van der Waals surface area contributed by atoms with E-state index in [4.69, 9.17) is 4.74 Å². The van der Waals surface area contributed by atoms with Gasteiger partial charge in [0.2, 0.25) is 5.13 Å². The standard InChI is InChI=1S/C18H17N3O2S/c1-12-17(14-5-9-16(23-2)10-6-14)20-18(24-12)21-19-11-13-3-7-15(22)8-4-13/h3-11,22H,1-2H3,(H,20,21). The molecule has 0 saturated carbocycles. The second-order valence-corrected chi connectivity index (χ2v) is 6.32. The van der Waals surface area contributed by atoms with Crippen molar-refractivity contribution < 1.29 is 9.84 Å². The first kappa shape index (κ1) is 16.0. The van der Waals surface area contributed by atoms with Crippen molar-refractivity contribution in [2.75, 3.05) is 12.5 Å². The Morgan fingerprint density at radius 2 is 1.83 bits per heavy atom. The second kappa shape index (κ2) is 7.14. The molecule has 0 fully saturated rings. The molecular formula is C18H17N3O2S. The number of rotatable bonds is 5. The minimum atomic E-state index is 0.236. The Bertz CT molecular complexity index is 840. The summed E-state index contributed by atoms with van der Waals surface area (Å²) in [6.07, 6.45) is 1.68. The van der Waals surface area contributed by atoms with Gasteiger partial charge in [0.05, 0.1) is 19.0 Å². The fraction of sp³-hybridized carbons (Fsp3) is 0.111. The minimum Gasteiger partial charge on any atom is -0.508 e. The molecular weight excluding hydrogens is 322 g/mol. The van der Waals surface area contributed by atoms with E-state index in [0.717, 1.165) is 32.6 Å². The highest BCUT2D eigenvalue weighted by Crippen LogP contribution is 2.31. The van der Waals surface area contributed by atoms with Crippen molar-refractivity contribution in [2.24, 2.45) is 5.10 Å². The Morgan fingerprint density at radius 1 is 1.12 bits per heavy atom. The third-order valence-corrected chi connectivity index (χ3v) is 4.30. The first-order valence-electron chi connectivity index (χ1n) is 7.35. The van der Waals surface area contributed by atoms with Gasteiger partial charge in [0.25, 0.3) is 0 Å². The Morgan fingerprint density at radius 3 is 2.50 bits per heavy atom. The number of thiazole rings is 1. The molecule has 0 saturated heterocycles. The quantitative estimate of drug-likeness (QED) is 0.538. The van der Waals surface area contributed by atoms with E-state index in [0.29, 0.717) is 0 Å². The summed E-state index contributed by atoms with van der Waals surface area (Å²) in [6.45, 7) is 2.03. The summed E-state index contributed by atoms with van der Waals surface area (Å²) in [5.41, 5.74) is 5.82. The molecule has 0 amide bonds. The molecule has 0 radical (unpaired) electrons. The van der Waals surface area contributed by atoms with Crippen molar-refractivity contribution in [2.45, 2.75) is 6.92 Å². The summed E-state index contributed by atoms with van der Waals surface area (Å²) in [4.78, 5) is 5.71. The number of aromatic nitrogens is 1. The van der Waals surface area contributed by atoms with Gasteiger partial charge in [0.1, 0.15) is 11.5 Å². The van der Waals surface area contributed by atoms with Crippen LogP contribution in [0.25, 0.3) is 11.3 Å². The summed E-state index contributed by atoms with van der Waals surface area (Å²) < 4.78 is 5.18. The molecule has 3 rings (SSSR count). The maximum Gasteiger partial charge on any atom is 0.204 e. The number of hydrogen-bond acceptors (Lipinski definition) is 6. The van der Waals surface area contributed by atoms with Crippen molar-refractivity contribution >= 4 is 22.7 Å². The van der Waals surface area contributed by atoms with Gasteiger partial charge in [0, 0.05) is 10.4 Å². The van der Waals surface area contributed by atoms with Gasteiger partial charge < -0.3 is 9.84 Å². The molecule has 2 N–H and O–H groups in total. The summed E-state index contributed by atoms with van der Waals surface area (Å²) >= 11 is 1.55. The van der Waals surface area contributed by atoms with Crippen LogP contribution in [0, 0.1) is 6.92 Å². The zero-order chi connectivity index (χ0) is 16.9. The Hall–Kier alpha value is -2.86. The minimum absolute atomic E-state index is 0.236. The van der Waals surface area contributed by atoms with Gasteiger partial charge in [-0.05, 0) is 61.0 Å². The number of hydrazone groups is 1. The smallest absolute Gasteiger partial charge is 0.204 e. The number of methoxy groups -OCH3 is 1. The van der Waals surface area contributed by atoms with E-state index < -0.39 is 0 Å². The van der Waals surface area contributed by atoms with Gasteiger partial charge in [-0.3, -0.25) is 5.43 Å². The number of nitrogens with one attached hydrogen (secondary N) is 1. The van der Waals surface area contributed by atoms with E-state index in [-0.39, 0.29) is 5.75 Å². The van der Waals surface area contributed by atoms with Crippen LogP contribution < -0.4 is 10.2 Å². The second-order valence-electron chi connectivity index (χ2n) is 5.11. The Labute approximate surface area is 144 Å². The summed E-state index contributed by atoms with van der Waals surface area (Å²) in [5, 5.41) is 14.2. The van der Waals surface area contributed by atoms with Crippen LogP contribution >= 0.6 is 11.3 Å². The van der Waals surface area contributed by atoms with Gasteiger partial charge in [-0.2, -0.15) is 5.10 Å². The molecule has 5 nitrogen and oxygen atoms in total. The lowest BCUT2D eigenvalue weighted by Gasteiger charge is -2.01. The molecule has 0 bridgehead atoms. The third kappa shape index (κ3) is 3.72. The first-order chi connectivity index (χ1) is 11.7. The molecule has 0 aliphatic rings. The van der Waals surface area contributed by atoms with E-state index in [9.17, 15) is 5.11 Å². The molecule has 6 heteroatoms. The number of phenols is 1. The monoisotopic (exact) mass is 339 g/mol. The number of aromatic hydroxyl groups is 1. The molecule has 0 spiro atoms. The highest BCUT2D eigenvalue weighted by atomic mass is 32.1. The SMILES string of the molecule is COc1ccc(-c2nc(NN=Cc3ccc(O)cc3)sc2C)cc1. The van der Waals surface area contributed by atoms with E-state index >= 15 is 0 Å². The van der Waals surface area contributed by atoms with Crippen molar-refractivity contribution in [1.29, 1.82) is 0 Å². The van der Waals surface area contributed by atoms with Crippen LogP contribution in [-0.2, 0) is 0 Å². The average molecular weight is 339 g/mol. The number of anilines is 1. The number of benzene rings is 2. The lowest BCUT2D eigenvalue weighted by Crippen LogP contribution is -1.90. The van der Waals surface area contributed by atoms with Crippen LogP contribution in [0.1, 0.15) is 10.4 Å². The van der Waals surface area contributed by atoms with Crippen LogP contribution in [-0.4, -0.2) is 23.4 Å². The lowest BCUT2D eigenvalue weighted by molar-refractivity contribution is 0.415. The van der Waals surface area contributed by atoms with Gasteiger partial charge >= 0.3 is 0 Å². The predicted molar refractivity (Wildman–Crippen MR) is 98.2 cm³/mol. The van der Waals surface area contributed by atoms with Crippen molar-refractivity contribution in [1.82, 2.24) is 4.98 Å². The van der Waals surface area contributed by atoms with E-state index in [2.05, 4.69) is 15.5 Å². The number of ether oxygens (including phenoxy) is 1. The maximum absolute atomic E-state index is 9.26. The van der Waals surface area contributed by atoms with Gasteiger partial charge in [-0.15, -0.1) is 11.3 Å². The van der Waals surface area contributed by atoms with Crippen LogP contribution in [0.4, 0.5) is 5.13 Å². The topological polar surface area (TPSA) is 66.7 Å². The maximum atomic E-state index is 9.26. The van der Waals surface area contributed by atoms with Gasteiger partial charge in [0.15, 0.2) is 0 Å². The van der Waals surface area contributed by atoms with E-state index in [1.807, 2.05) is 31.2 Å². The molecule has 1 heterocycles. The van der Waals surface area contributed by atoms with Gasteiger partial charge in [-0.1, -0.05) is 0 Å². The molecule has 0 aliphatic carbocycles.